The topological polar surface area (TPSA) is 43.6 Å². The van der Waals surface area contributed by atoms with Gasteiger partial charge in [-0.25, -0.2) is 4.98 Å². The van der Waals surface area contributed by atoms with Crippen LogP contribution in [0, 0.1) is 0 Å². The zero-order valence-electron chi connectivity index (χ0n) is 8.64. The van der Waals surface area contributed by atoms with Crippen molar-refractivity contribution in [1.29, 1.82) is 0 Å². The van der Waals surface area contributed by atoms with E-state index in [-0.39, 0.29) is 18.5 Å². The van der Waals surface area contributed by atoms with Gasteiger partial charge in [0.15, 0.2) is 4.96 Å². The lowest BCUT2D eigenvalue weighted by molar-refractivity contribution is -0.146. The monoisotopic (exact) mass is 224 g/mol. The Bertz CT molecular complexity index is 444. The van der Waals surface area contributed by atoms with Crippen LogP contribution in [0.2, 0.25) is 0 Å². The summed E-state index contributed by atoms with van der Waals surface area (Å²) in [6.07, 6.45) is 3.95. The lowest BCUT2D eigenvalue weighted by atomic mass is 10.3. The van der Waals surface area contributed by atoms with E-state index in [1.165, 1.54) is 0 Å². The van der Waals surface area contributed by atoms with Gasteiger partial charge in [-0.3, -0.25) is 9.20 Å². The average Bonchev–Trinajstić information content (AvgIpc) is 2.60. The number of ether oxygens (including phenoxy) is 1. The molecule has 0 saturated heterocycles. The number of hydrogen-bond acceptors (Lipinski definition) is 4. The first-order valence-corrected chi connectivity index (χ1v) is 5.63. The Morgan fingerprint density at radius 3 is 3.13 bits per heavy atom. The minimum absolute atomic E-state index is 0.0683. The second-order valence-electron chi connectivity index (χ2n) is 3.54. The number of hydrogen-bond donors (Lipinski definition) is 0. The molecule has 0 radical (unpaired) electrons. The van der Waals surface area contributed by atoms with Gasteiger partial charge in [-0.1, -0.05) is 0 Å². The van der Waals surface area contributed by atoms with Crippen LogP contribution in [0.1, 0.15) is 19.5 Å². The van der Waals surface area contributed by atoms with E-state index in [4.69, 9.17) is 4.74 Å². The molecule has 0 aliphatic carbocycles. The van der Waals surface area contributed by atoms with Crippen molar-refractivity contribution < 1.29 is 9.53 Å². The molecule has 80 valence electrons. The molecule has 2 heterocycles. The van der Waals surface area contributed by atoms with Crippen molar-refractivity contribution in [3.05, 3.63) is 23.5 Å². The summed E-state index contributed by atoms with van der Waals surface area (Å²) >= 11 is 1.55. The molecule has 2 aromatic rings. The van der Waals surface area contributed by atoms with E-state index in [1.807, 2.05) is 36.0 Å². The Hall–Kier alpha value is -1.36. The maximum atomic E-state index is 11.4. The van der Waals surface area contributed by atoms with Gasteiger partial charge in [0.2, 0.25) is 0 Å². The predicted octanol–water partition coefficient (Wildman–Crippen LogP) is 1.89. The number of nitrogens with zero attached hydrogens (tertiary/aromatic N) is 2. The number of carbonyl (C=O) groups is 1. The minimum Gasteiger partial charge on any atom is -0.463 e. The number of rotatable bonds is 3. The Kier molecular flexibility index (Phi) is 2.73. The van der Waals surface area contributed by atoms with Gasteiger partial charge in [0.25, 0.3) is 0 Å². The van der Waals surface area contributed by atoms with Crippen LogP contribution in [0.4, 0.5) is 0 Å². The molecule has 0 spiro atoms. The standard InChI is InChI=1S/C10H12N2O2S/c1-7(2)14-9(13)5-8-6-12-3-4-15-10(12)11-8/h3-4,6-7H,5H2,1-2H3. The molecular weight excluding hydrogens is 212 g/mol. The molecule has 0 fully saturated rings. The third kappa shape index (κ3) is 2.36. The second kappa shape index (κ2) is 4.02. The molecule has 0 N–H and O–H groups in total. The van der Waals surface area contributed by atoms with Crippen molar-refractivity contribution in [2.75, 3.05) is 0 Å². The quantitative estimate of drug-likeness (QED) is 0.748. The molecule has 0 aliphatic rings. The summed E-state index contributed by atoms with van der Waals surface area (Å²) in [7, 11) is 0. The van der Waals surface area contributed by atoms with Gasteiger partial charge >= 0.3 is 5.97 Å². The molecule has 0 saturated carbocycles. The maximum Gasteiger partial charge on any atom is 0.312 e. The van der Waals surface area contributed by atoms with E-state index in [2.05, 4.69) is 4.98 Å². The predicted molar refractivity (Wildman–Crippen MR) is 58.0 cm³/mol. The summed E-state index contributed by atoms with van der Waals surface area (Å²) in [6, 6.07) is 0. The van der Waals surface area contributed by atoms with Crippen LogP contribution >= 0.6 is 11.3 Å². The van der Waals surface area contributed by atoms with E-state index in [9.17, 15) is 4.79 Å². The van der Waals surface area contributed by atoms with Gasteiger partial charge in [0.05, 0.1) is 18.2 Å². The summed E-state index contributed by atoms with van der Waals surface area (Å²) in [6.45, 7) is 3.67. The normalized spacial score (nSPS) is 11.1. The number of esters is 1. The molecule has 5 heteroatoms. The van der Waals surface area contributed by atoms with Crippen molar-refractivity contribution in [2.24, 2.45) is 0 Å². The van der Waals surface area contributed by atoms with Crippen molar-refractivity contribution >= 4 is 22.3 Å². The Balaban J connectivity index is 2.06. The molecule has 2 rings (SSSR count). The number of fused-ring (bicyclic) bond motifs is 1. The molecule has 0 aromatic carbocycles. The fourth-order valence-electron chi connectivity index (χ4n) is 1.31. The summed E-state index contributed by atoms with van der Waals surface area (Å²) in [4.78, 5) is 16.6. The zero-order valence-corrected chi connectivity index (χ0v) is 9.45. The second-order valence-corrected chi connectivity index (χ2v) is 4.41. The van der Waals surface area contributed by atoms with Crippen LogP contribution in [-0.2, 0) is 16.0 Å². The molecule has 2 aromatic heterocycles. The largest absolute Gasteiger partial charge is 0.463 e. The van der Waals surface area contributed by atoms with Crippen LogP contribution in [0.25, 0.3) is 4.96 Å². The first-order chi connectivity index (χ1) is 7.15. The fraction of sp³-hybridized carbons (Fsp3) is 0.400. The Morgan fingerprint density at radius 2 is 2.47 bits per heavy atom. The number of imidazole rings is 1. The van der Waals surface area contributed by atoms with Crippen LogP contribution < -0.4 is 0 Å². The highest BCUT2D eigenvalue weighted by Crippen LogP contribution is 2.12. The zero-order chi connectivity index (χ0) is 10.8. The summed E-state index contributed by atoms with van der Waals surface area (Å²) in [5.74, 6) is -0.226. The Labute approximate surface area is 91.5 Å². The van der Waals surface area contributed by atoms with Crippen molar-refractivity contribution in [1.82, 2.24) is 9.38 Å². The molecule has 4 nitrogen and oxygen atoms in total. The van der Waals surface area contributed by atoms with Gasteiger partial charge in [-0.15, -0.1) is 11.3 Å². The number of thiazole rings is 1. The van der Waals surface area contributed by atoms with Crippen LogP contribution in [0.5, 0.6) is 0 Å². The number of aromatic nitrogens is 2. The molecule has 0 bridgehead atoms. The van der Waals surface area contributed by atoms with E-state index < -0.39 is 0 Å². The van der Waals surface area contributed by atoms with E-state index >= 15 is 0 Å². The molecule has 0 aliphatic heterocycles. The lowest BCUT2D eigenvalue weighted by Gasteiger charge is -2.05. The van der Waals surface area contributed by atoms with Crippen LogP contribution in [-0.4, -0.2) is 21.5 Å². The van der Waals surface area contributed by atoms with Gasteiger partial charge in [-0.05, 0) is 13.8 Å². The van der Waals surface area contributed by atoms with Gasteiger partial charge < -0.3 is 4.74 Å². The molecule has 0 atom stereocenters. The van der Waals surface area contributed by atoms with Gasteiger partial charge in [0, 0.05) is 17.8 Å². The smallest absolute Gasteiger partial charge is 0.312 e. The number of carbonyl (C=O) groups excluding carboxylic acids is 1. The summed E-state index contributed by atoms with van der Waals surface area (Å²) < 4.78 is 6.95. The molecule has 0 amide bonds. The van der Waals surface area contributed by atoms with Crippen molar-refractivity contribution in [2.45, 2.75) is 26.4 Å². The fourth-order valence-corrected chi connectivity index (χ4v) is 2.03. The Morgan fingerprint density at radius 1 is 1.67 bits per heavy atom. The molecular formula is C10H12N2O2S. The average molecular weight is 224 g/mol. The van der Waals surface area contributed by atoms with Gasteiger partial charge in [0.1, 0.15) is 0 Å². The first-order valence-electron chi connectivity index (χ1n) is 4.75. The first kappa shape index (κ1) is 10.2. The van der Waals surface area contributed by atoms with Crippen molar-refractivity contribution in [3.8, 4) is 0 Å². The third-order valence-corrected chi connectivity index (χ3v) is 2.61. The highest BCUT2D eigenvalue weighted by molar-refractivity contribution is 7.15. The van der Waals surface area contributed by atoms with E-state index in [0.29, 0.717) is 0 Å². The summed E-state index contributed by atoms with van der Waals surface area (Å²) in [5, 5.41) is 1.96. The van der Waals surface area contributed by atoms with E-state index in [1.54, 1.807) is 11.3 Å². The highest BCUT2D eigenvalue weighted by atomic mass is 32.1. The highest BCUT2D eigenvalue weighted by Gasteiger charge is 2.10. The molecule has 15 heavy (non-hydrogen) atoms. The lowest BCUT2D eigenvalue weighted by Crippen LogP contribution is -2.13. The summed E-state index contributed by atoms with van der Waals surface area (Å²) in [5.41, 5.74) is 0.757. The SMILES string of the molecule is CC(C)OC(=O)Cc1cn2ccsc2n1. The maximum absolute atomic E-state index is 11.4. The molecule has 0 unspecified atom stereocenters. The van der Waals surface area contributed by atoms with Crippen LogP contribution in [0.15, 0.2) is 17.8 Å². The third-order valence-electron chi connectivity index (χ3n) is 1.84. The van der Waals surface area contributed by atoms with Crippen LogP contribution in [0.3, 0.4) is 0 Å². The van der Waals surface area contributed by atoms with Gasteiger partial charge in [-0.2, -0.15) is 0 Å². The van der Waals surface area contributed by atoms with E-state index in [0.717, 1.165) is 10.7 Å². The minimum atomic E-state index is -0.226. The van der Waals surface area contributed by atoms with Crippen molar-refractivity contribution in [3.63, 3.8) is 0 Å².